The van der Waals surface area contributed by atoms with Gasteiger partial charge in [0.05, 0.1) is 0 Å². The minimum Gasteiger partial charge on any atom is -0.0901 e. The summed E-state index contributed by atoms with van der Waals surface area (Å²) >= 11 is 3.72. The van der Waals surface area contributed by atoms with Crippen LogP contribution in [0, 0.1) is 0 Å². The standard InChI is InChI=1S/C30H28S2/c1-4-14-26(15-5-1)31-28-18-10-12-24(22-28)30(20-8-3-9-21-30)25-13-11-19-29(23-25)32-27-16-6-2-7-17-27/h1-2,4-7,10-19,22-23H,3,8-9,20-21H2. The van der Waals surface area contributed by atoms with Crippen molar-refractivity contribution in [3.8, 4) is 0 Å². The van der Waals surface area contributed by atoms with Crippen molar-refractivity contribution in [2.75, 3.05) is 0 Å². The van der Waals surface area contributed by atoms with Gasteiger partial charge in [-0.25, -0.2) is 0 Å². The Morgan fingerprint density at radius 3 is 1.34 bits per heavy atom. The van der Waals surface area contributed by atoms with Gasteiger partial charge in [0.15, 0.2) is 0 Å². The third kappa shape index (κ3) is 4.82. The molecule has 0 radical (unpaired) electrons. The van der Waals surface area contributed by atoms with Crippen molar-refractivity contribution in [3.63, 3.8) is 0 Å². The molecule has 1 aliphatic rings. The largest absolute Gasteiger partial charge is 0.0901 e. The maximum atomic E-state index is 2.44. The van der Waals surface area contributed by atoms with Gasteiger partial charge in [0.25, 0.3) is 0 Å². The van der Waals surface area contributed by atoms with Crippen LogP contribution in [0.5, 0.6) is 0 Å². The van der Waals surface area contributed by atoms with Crippen LogP contribution >= 0.6 is 23.5 Å². The molecule has 4 aromatic carbocycles. The van der Waals surface area contributed by atoms with Crippen molar-refractivity contribution in [2.24, 2.45) is 0 Å². The van der Waals surface area contributed by atoms with Crippen molar-refractivity contribution in [1.29, 1.82) is 0 Å². The highest BCUT2D eigenvalue weighted by molar-refractivity contribution is 7.99. The lowest BCUT2D eigenvalue weighted by Gasteiger charge is -2.39. The second kappa shape index (κ2) is 10.0. The van der Waals surface area contributed by atoms with Gasteiger partial charge in [0, 0.05) is 25.0 Å². The molecule has 5 rings (SSSR count). The molecule has 0 aromatic heterocycles. The predicted octanol–water partition coefficient (Wildman–Crippen LogP) is 9.24. The zero-order valence-corrected chi connectivity index (χ0v) is 19.9. The van der Waals surface area contributed by atoms with E-state index in [9.17, 15) is 0 Å². The normalized spacial score (nSPS) is 15.4. The van der Waals surface area contributed by atoms with Crippen LogP contribution in [0.25, 0.3) is 0 Å². The van der Waals surface area contributed by atoms with Crippen LogP contribution in [-0.4, -0.2) is 0 Å². The molecule has 1 aliphatic carbocycles. The lowest BCUT2D eigenvalue weighted by atomic mass is 9.65. The van der Waals surface area contributed by atoms with Crippen molar-refractivity contribution in [2.45, 2.75) is 57.1 Å². The summed E-state index contributed by atoms with van der Waals surface area (Å²) < 4.78 is 0. The molecule has 0 aliphatic heterocycles. The van der Waals surface area contributed by atoms with Gasteiger partial charge in [-0.05, 0) is 72.5 Å². The van der Waals surface area contributed by atoms with Crippen LogP contribution in [0.2, 0.25) is 0 Å². The highest BCUT2D eigenvalue weighted by Crippen LogP contribution is 2.47. The zero-order valence-electron chi connectivity index (χ0n) is 18.2. The van der Waals surface area contributed by atoms with E-state index in [4.69, 9.17) is 0 Å². The average Bonchev–Trinajstić information content (AvgIpc) is 2.86. The van der Waals surface area contributed by atoms with Crippen molar-refractivity contribution in [1.82, 2.24) is 0 Å². The molecule has 0 spiro atoms. The second-order valence-corrected chi connectivity index (χ2v) is 10.8. The Balaban J connectivity index is 1.50. The Labute approximate surface area is 200 Å². The van der Waals surface area contributed by atoms with Gasteiger partial charge in [-0.3, -0.25) is 0 Å². The zero-order chi connectivity index (χ0) is 21.6. The first-order chi connectivity index (χ1) is 15.8. The van der Waals surface area contributed by atoms with Crippen molar-refractivity contribution in [3.05, 3.63) is 120 Å². The van der Waals surface area contributed by atoms with E-state index in [1.165, 1.54) is 62.8 Å². The van der Waals surface area contributed by atoms with E-state index in [0.29, 0.717) is 0 Å². The van der Waals surface area contributed by atoms with Crippen molar-refractivity contribution < 1.29 is 0 Å². The fourth-order valence-corrected chi connectivity index (χ4v) is 6.66. The number of hydrogen-bond donors (Lipinski definition) is 0. The number of hydrogen-bond acceptors (Lipinski definition) is 2. The molecule has 1 saturated carbocycles. The van der Waals surface area contributed by atoms with Gasteiger partial charge in [0.1, 0.15) is 0 Å². The molecule has 160 valence electrons. The third-order valence-electron chi connectivity index (χ3n) is 6.44. The molecule has 0 bridgehead atoms. The highest BCUT2D eigenvalue weighted by Gasteiger charge is 2.36. The summed E-state index contributed by atoms with van der Waals surface area (Å²) in [5.74, 6) is 0. The first-order valence-corrected chi connectivity index (χ1v) is 13.1. The lowest BCUT2D eigenvalue weighted by Crippen LogP contribution is -2.30. The van der Waals surface area contributed by atoms with Gasteiger partial charge in [-0.2, -0.15) is 0 Å². The quantitative estimate of drug-likeness (QED) is 0.286. The predicted molar refractivity (Wildman–Crippen MR) is 138 cm³/mol. The summed E-state index contributed by atoms with van der Waals surface area (Å²) in [6, 6.07) is 40.0. The third-order valence-corrected chi connectivity index (χ3v) is 8.43. The molecule has 2 heteroatoms. The Hall–Kier alpha value is -2.42. The van der Waals surface area contributed by atoms with Crippen LogP contribution in [-0.2, 0) is 5.41 Å². The van der Waals surface area contributed by atoms with E-state index < -0.39 is 0 Å². The average molecular weight is 453 g/mol. The molecule has 0 atom stereocenters. The van der Waals surface area contributed by atoms with Crippen LogP contribution in [0.15, 0.2) is 129 Å². The SMILES string of the molecule is c1ccc(Sc2cccc(C3(c4cccc(Sc5ccccc5)c4)CCCCC3)c2)cc1. The van der Waals surface area contributed by atoms with Crippen LogP contribution < -0.4 is 0 Å². The minimum absolute atomic E-state index is 0.110. The van der Waals surface area contributed by atoms with Gasteiger partial charge in [0.2, 0.25) is 0 Å². The molecular weight excluding hydrogens is 424 g/mol. The van der Waals surface area contributed by atoms with E-state index in [2.05, 4.69) is 109 Å². The summed E-state index contributed by atoms with van der Waals surface area (Å²) in [6.07, 6.45) is 6.40. The summed E-state index contributed by atoms with van der Waals surface area (Å²) in [6.45, 7) is 0. The van der Waals surface area contributed by atoms with Crippen LogP contribution in [0.1, 0.15) is 43.2 Å². The Morgan fingerprint density at radius 1 is 0.438 bits per heavy atom. The molecule has 0 unspecified atom stereocenters. The molecule has 0 N–H and O–H groups in total. The highest BCUT2D eigenvalue weighted by atomic mass is 32.2. The first kappa shape index (κ1) is 21.4. The fraction of sp³-hybridized carbons (Fsp3) is 0.200. The molecule has 0 nitrogen and oxygen atoms in total. The van der Waals surface area contributed by atoms with Gasteiger partial charge in [-0.1, -0.05) is 103 Å². The molecule has 0 saturated heterocycles. The molecular formula is C30H28S2. The summed E-state index contributed by atoms with van der Waals surface area (Å²) in [5, 5.41) is 0. The lowest BCUT2D eigenvalue weighted by molar-refractivity contribution is 0.345. The number of rotatable bonds is 6. The summed E-state index contributed by atoms with van der Waals surface area (Å²) in [4.78, 5) is 5.24. The molecule has 1 fully saturated rings. The minimum atomic E-state index is 0.110. The molecule has 0 amide bonds. The fourth-order valence-electron chi connectivity index (χ4n) is 4.86. The number of benzene rings is 4. The summed E-state index contributed by atoms with van der Waals surface area (Å²) in [7, 11) is 0. The van der Waals surface area contributed by atoms with E-state index >= 15 is 0 Å². The first-order valence-electron chi connectivity index (χ1n) is 11.5. The topological polar surface area (TPSA) is 0 Å². The van der Waals surface area contributed by atoms with E-state index in [1.54, 1.807) is 0 Å². The Kier molecular flexibility index (Phi) is 6.71. The van der Waals surface area contributed by atoms with Crippen molar-refractivity contribution >= 4 is 23.5 Å². The molecule has 4 aromatic rings. The van der Waals surface area contributed by atoms with Gasteiger partial charge >= 0.3 is 0 Å². The van der Waals surface area contributed by atoms with Crippen LogP contribution in [0.4, 0.5) is 0 Å². The monoisotopic (exact) mass is 452 g/mol. The van der Waals surface area contributed by atoms with E-state index in [1.807, 2.05) is 23.5 Å². The summed E-state index contributed by atoms with van der Waals surface area (Å²) in [5.41, 5.74) is 3.05. The van der Waals surface area contributed by atoms with Gasteiger partial charge < -0.3 is 0 Å². The Bertz CT molecular complexity index is 1060. The molecule has 32 heavy (non-hydrogen) atoms. The Morgan fingerprint density at radius 2 is 0.875 bits per heavy atom. The van der Waals surface area contributed by atoms with E-state index in [-0.39, 0.29) is 5.41 Å². The van der Waals surface area contributed by atoms with Gasteiger partial charge in [-0.15, -0.1) is 0 Å². The maximum Gasteiger partial charge on any atom is 0.0203 e. The van der Waals surface area contributed by atoms with E-state index in [0.717, 1.165) is 0 Å². The van der Waals surface area contributed by atoms with Crippen LogP contribution in [0.3, 0.4) is 0 Å². The maximum absolute atomic E-state index is 2.44. The second-order valence-electron chi connectivity index (χ2n) is 8.53. The smallest absolute Gasteiger partial charge is 0.0203 e. The molecule has 0 heterocycles.